The van der Waals surface area contributed by atoms with E-state index in [1.165, 1.54) is 0 Å². The van der Waals surface area contributed by atoms with Crippen LogP contribution in [0.5, 0.6) is 11.6 Å². The molecular formula is C35H40N3O4-. The molecule has 1 saturated carbocycles. The number of methoxy groups -OCH3 is 1. The van der Waals surface area contributed by atoms with Crippen molar-refractivity contribution in [1.29, 1.82) is 5.26 Å². The highest BCUT2D eigenvalue weighted by Gasteiger charge is 2.37. The van der Waals surface area contributed by atoms with Crippen LogP contribution in [0.25, 0.3) is 11.1 Å². The van der Waals surface area contributed by atoms with Gasteiger partial charge in [-0.05, 0) is 91.8 Å². The zero-order valence-corrected chi connectivity index (χ0v) is 25.2. The first-order valence-electron chi connectivity index (χ1n) is 15.1. The number of pyridine rings is 1. The number of ether oxygens (including phenoxy) is 2. The van der Waals surface area contributed by atoms with Crippen molar-refractivity contribution >= 4 is 5.97 Å². The Labute approximate surface area is 249 Å². The van der Waals surface area contributed by atoms with E-state index in [1.54, 1.807) is 20.2 Å². The molecule has 1 unspecified atom stereocenters. The summed E-state index contributed by atoms with van der Waals surface area (Å²) in [5, 5.41) is 21.6. The largest absolute Gasteiger partial charge is 0.550 e. The monoisotopic (exact) mass is 566 g/mol. The van der Waals surface area contributed by atoms with Gasteiger partial charge in [-0.3, -0.25) is 4.90 Å². The zero-order chi connectivity index (χ0) is 30.0. The summed E-state index contributed by atoms with van der Waals surface area (Å²) in [7, 11) is 1.58. The van der Waals surface area contributed by atoms with Crippen molar-refractivity contribution in [2.45, 2.75) is 78.0 Å². The lowest BCUT2D eigenvalue weighted by atomic mass is 9.82. The SMILES string of the molecule is CCN(Cc1cc(C2CCc3ccc([C@H](C4CC4)[C@H](C)C(=O)[O-])cc3O2)ccc1-c1cc(OC)ncc1C#N)C(C)C. The third-order valence-corrected chi connectivity index (χ3v) is 8.97. The maximum Gasteiger partial charge on any atom is 0.213 e. The molecule has 7 nitrogen and oxygen atoms in total. The first-order chi connectivity index (χ1) is 20.2. The van der Waals surface area contributed by atoms with Crippen molar-refractivity contribution in [3.8, 4) is 28.8 Å². The number of fused-ring (bicyclic) bond motifs is 1. The number of hydrogen-bond donors (Lipinski definition) is 0. The Balaban J connectivity index is 1.50. The lowest BCUT2D eigenvalue weighted by Gasteiger charge is -2.31. The molecule has 42 heavy (non-hydrogen) atoms. The van der Waals surface area contributed by atoms with Crippen LogP contribution < -0.4 is 14.6 Å². The topological polar surface area (TPSA) is 98.5 Å². The Morgan fingerprint density at radius 2 is 1.93 bits per heavy atom. The summed E-state index contributed by atoms with van der Waals surface area (Å²) in [6.07, 6.45) is 5.28. The molecule has 3 aromatic rings. The standard InChI is InChI=1S/C35H41N3O4/c1-6-38(21(2)3)20-27-15-25(11-13-29(27)30-17-33(41-5)37-19-28(30)18-36)31-14-12-23-7-10-26(16-32(23)42-31)34(24-8-9-24)22(4)35(39)40/h7,10-11,13,15-17,19,21-22,24,31,34H,6,8-9,12,14,20H2,1-5H3,(H,39,40)/p-1/t22-,31?,34-/m0/s1. The summed E-state index contributed by atoms with van der Waals surface area (Å²) < 4.78 is 12.0. The van der Waals surface area contributed by atoms with E-state index in [9.17, 15) is 15.2 Å². The highest BCUT2D eigenvalue weighted by Crippen LogP contribution is 2.48. The van der Waals surface area contributed by atoms with E-state index in [0.29, 0.717) is 23.4 Å². The molecule has 0 bridgehead atoms. The molecule has 0 amide bonds. The number of rotatable bonds is 11. The summed E-state index contributed by atoms with van der Waals surface area (Å²) in [4.78, 5) is 18.4. The molecule has 1 aromatic heterocycles. The van der Waals surface area contributed by atoms with Crippen molar-refractivity contribution in [1.82, 2.24) is 9.88 Å². The Morgan fingerprint density at radius 3 is 2.57 bits per heavy atom. The van der Waals surface area contributed by atoms with Crippen LogP contribution in [0.3, 0.4) is 0 Å². The molecule has 0 N–H and O–H groups in total. The van der Waals surface area contributed by atoms with Gasteiger partial charge in [-0.2, -0.15) is 5.26 Å². The average molecular weight is 567 g/mol. The Morgan fingerprint density at radius 1 is 1.14 bits per heavy atom. The van der Waals surface area contributed by atoms with E-state index in [2.05, 4.69) is 73.1 Å². The van der Waals surface area contributed by atoms with Crippen LogP contribution in [0.4, 0.5) is 0 Å². The van der Waals surface area contributed by atoms with Crippen molar-refractivity contribution in [3.63, 3.8) is 0 Å². The van der Waals surface area contributed by atoms with Gasteiger partial charge in [0.15, 0.2) is 0 Å². The van der Waals surface area contributed by atoms with Gasteiger partial charge in [0.25, 0.3) is 0 Å². The van der Waals surface area contributed by atoms with E-state index in [-0.39, 0.29) is 12.0 Å². The molecule has 0 spiro atoms. The molecule has 2 aromatic carbocycles. The fourth-order valence-electron chi connectivity index (χ4n) is 6.34. The average Bonchev–Trinajstić information content (AvgIpc) is 3.84. The van der Waals surface area contributed by atoms with E-state index in [0.717, 1.165) is 77.9 Å². The lowest BCUT2D eigenvalue weighted by Crippen LogP contribution is -2.34. The number of nitriles is 1. The molecular weight excluding hydrogens is 526 g/mol. The van der Waals surface area contributed by atoms with Gasteiger partial charge in [0, 0.05) is 42.3 Å². The number of carboxylic acids is 1. The fourth-order valence-corrected chi connectivity index (χ4v) is 6.34. The van der Waals surface area contributed by atoms with Gasteiger partial charge in [-0.1, -0.05) is 44.2 Å². The first kappa shape index (κ1) is 29.6. The smallest absolute Gasteiger partial charge is 0.213 e. The maximum absolute atomic E-state index is 11.8. The van der Waals surface area contributed by atoms with Gasteiger partial charge < -0.3 is 19.4 Å². The van der Waals surface area contributed by atoms with E-state index in [4.69, 9.17) is 9.47 Å². The normalized spacial score (nSPS) is 17.7. The Bertz CT molecular complexity index is 1490. The van der Waals surface area contributed by atoms with Crippen molar-refractivity contribution in [2.75, 3.05) is 13.7 Å². The third kappa shape index (κ3) is 6.15. The van der Waals surface area contributed by atoms with Crippen molar-refractivity contribution < 1.29 is 19.4 Å². The summed E-state index contributed by atoms with van der Waals surface area (Å²) in [6.45, 7) is 9.93. The predicted octanol–water partition coefficient (Wildman–Crippen LogP) is 5.81. The third-order valence-electron chi connectivity index (χ3n) is 8.97. The number of nitrogens with zero attached hydrogens (tertiary/aromatic N) is 3. The lowest BCUT2D eigenvalue weighted by molar-refractivity contribution is -0.311. The van der Waals surface area contributed by atoms with Gasteiger partial charge in [0.1, 0.15) is 17.9 Å². The van der Waals surface area contributed by atoms with Crippen LogP contribution in [0.2, 0.25) is 0 Å². The summed E-state index contributed by atoms with van der Waals surface area (Å²) in [6, 6.07) is 17.2. The second-order valence-corrected chi connectivity index (χ2v) is 11.9. The maximum atomic E-state index is 11.8. The van der Waals surface area contributed by atoms with Crippen LogP contribution >= 0.6 is 0 Å². The second kappa shape index (κ2) is 12.5. The number of carbonyl (C=O) groups is 1. The van der Waals surface area contributed by atoms with E-state index < -0.39 is 11.9 Å². The van der Waals surface area contributed by atoms with E-state index >= 15 is 0 Å². The molecule has 1 aliphatic heterocycles. The van der Waals surface area contributed by atoms with Crippen LogP contribution in [-0.4, -0.2) is 35.5 Å². The molecule has 3 atom stereocenters. The number of aryl methyl sites for hydroxylation is 1. The van der Waals surface area contributed by atoms with Crippen molar-refractivity contribution in [3.05, 3.63) is 76.5 Å². The molecule has 7 heteroatoms. The van der Waals surface area contributed by atoms with Gasteiger partial charge in [-0.15, -0.1) is 0 Å². The molecule has 2 heterocycles. The predicted molar refractivity (Wildman–Crippen MR) is 160 cm³/mol. The highest BCUT2D eigenvalue weighted by atomic mass is 16.5. The van der Waals surface area contributed by atoms with Gasteiger partial charge in [-0.25, -0.2) is 4.98 Å². The molecule has 1 fully saturated rings. The summed E-state index contributed by atoms with van der Waals surface area (Å²) >= 11 is 0. The summed E-state index contributed by atoms with van der Waals surface area (Å²) in [5.74, 6) is 0.0998. The number of aliphatic carboxylic acids is 1. The fraction of sp³-hybridized carbons (Fsp3) is 0.457. The van der Waals surface area contributed by atoms with Crippen LogP contribution in [-0.2, 0) is 17.8 Å². The number of hydrogen-bond acceptors (Lipinski definition) is 7. The van der Waals surface area contributed by atoms with Gasteiger partial charge in [0.05, 0.1) is 12.7 Å². The van der Waals surface area contributed by atoms with Crippen LogP contribution in [0, 0.1) is 23.2 Å². The zero-order valence-electron chi connectivity index (χ0n) is 25.2. The number of aromatic nitrogens is 1. The van der Waals surface area contributed by atoms with E-state index in [1.807, 2.05) is 6.07 Å². The number of carbonyl (C=O) groups excluding carboxylic acids is 1. The Kier molecular flexibility index (Phi) is 8.84. The summed E-state index contributed by atoms with van der Waals surface area (Å²) in [5.41, 5.74) is 6.68. The quantitative estimate of drug-likeness (QED) is 0.289. The minimum Gasteiger partial charge on any atom is -0.550 e. The molecule has 220 valence electrons. The number of carboxylic acid groups (broad SMARTS) is 1. The molecule has 0 radical (unpaired) electrons. The van der Waals surface area contributed by atoms with Crippen LogP contribution in [0.15, 0.2) is 48.7 Å². The van der Waals surface area contributed by atoms with Gasteiger partial charge >= 0.3 is 0 Å². The molecule has 0 saturated heterocycles. The van der Waals surface area contributed by atoms with Crippen LogP contribution in [0.1, 0.15) is 86.8 Å². The number of benzene rings is 2. The molecule has 1 aliphatic carbocycles. The highest BCUT2D eigenvalue weighted by molar-refractivity contribution is 5.74. The molecule has 2 aliphatic rings. The molecule has 5 rings (SSSR count). The van der Waals surface area contributed by atoms with Crippen molar-refractivity contribution in [2.24, 2.45) is 11.8 Å². The Hall–Kier alpha value is -3.89. The second-order valence-electron chi connectivity index (χ2n) is 11.9. The first-order valence-corrected chi connectivity index (χ1v) is 15.1. The van der Waals surface area contributed by atoms with Gasteiger partial charge in [0.2, 0.25) is 5.88 Å². The minimum absolute atomic E-state index is 0.0575. The minimum atomic E-state index is -0.995.